The van der Waals surface area contributed by atoms with Crippen molar-refractivity contribution in [2.45, 2.75) is 96.9 Å². The van der Waals surface area contributed by atoms with Gasteiger partial charge in [0.15, 0.2) is 0 Å². The van der Waals surface area contributed by atoms with E-state index in [0.29, 0.717) is 36.2 Å². The molecule has 0 amide bonds. The van der Waals surface area contributed by atoms with Crippen LogP contribution in [0.15, 0.2) is 58.8 Å². The molecule has 4 aliphatic rings. The summed E-state index contributed by atoms with van der Waals surface area (Å²) >= 11 is 0. The molecule has 11 atom stereocenters. The normalized spacial score (nSPS) is 38.9. The second-order valence-corrected chi connectivity index (χ2v) is 14.9. The molecule has 4 aliphatic carbocycles. The van der Waals surface area contributed by atoms with Crippen LogP contribution < -0.4 is 9.47 Å². The molecule has 4 fully saturated rings. The quantitative estimate of drug-likeness (QED) is 0.200. The third kappa shape index (κ3) is 5.80. The lowest BCUT2D eigenvalue weighted by atomic mass is 9.43. The molecule has 0 radical (unpaired) electrons. The molecule has 0 spiro atoms. The van der Waals surface area contributed by atoms with Crippen LogP contribution in [0.4, 0.5) is 11.4 Å². The summed E-state index contributed by atoms with van der Waals surface area (Å²) in [5.41, 5.74) is 1.50. The van der Waals surface area contributed by atoms with Crippen LogP contribution in [-0.4, -0.2) is 47.3 Å². The van der Waals surface area contributed by atoms with Crippen molar-refractivity contribution < 1.29 is 24.8 Å². The molecule has 240 valence electrons. The minimum Gasteiger partial charge on any atom is -0.497 e. The summed E-state index contributed by atoms with van der Waals surface area (Å²) < 4.78 is 11.3. The van der Waals surface area contributed by atoms with Crippen LogP contribution >= 0.6 is 0 Å². The Hall–Kier alpha value is -2.48. The zero-order chi connectivity index (χ0) is 31.1. The van der Waals surface area contributed by atoms with Gasteiger partial charge in [-0.25, -0.2) is 0 Å². The highest BCUT2D eigenvalue weighted by atomic mass is 16.5. The van der Waals surface area contributed by atoms with Gasteiger partial charge in [-0.05, 0) is 153 Å². The second kappa shape index (κ2) is 12.7. The van der Waals surface area contributed by atoms with Crippen LogP contribution in [0.1, 0.15) is 78.6 Å². The fourth-order valence-electron chi connectivity index (χ4n) is 10.3. The van der Waals surface area contributed by atoms with Gasteiger partial charge in [0.25, 0.3) is 0 Å². The lowest BCUT2D eigenvalue weighted by Crippen LogP contribution is -2.62. The van der Waals surface area contributed by atoms with E-state index in [2.05, 4.69) is 31.0 Å². The van der Waals surface area contributed by atoms with Gasteiger partial charge < -0.3 is 24.8 Å². The van der Waals surface area contributed by atoms with Crippen LogP contribution in [0.2, 0.25) is 0 Å². The number of nitrogens with zero attached hydrogens (tertiary/aromatic N) is 2. The molecule has 6 rings (SSSR count). The molecule has 7 heteroatoms. The first-order valence-corrected chi connectivity index (χ1v) is 17.0. The van der Waals surface area contributed by atoms with E-state index in [0.717, 1.165) is 80.7 Å². The van der Waals surface area contributed by atoms with Crippen molar-refractivity contribution in [3.05, 3.63) is 48.5 Å². The predicted octanol–water partition coefficient (Wildman–Crippen LogP) is 7.87. The van der Waals surface area contributed by atoms with Gasteiger partial charge in [-0.3, -0.25) is 0 Å². The summed E-state index contributed by atoms with van der Waals surface area (Å²) in [4.78, 5) is 0. The fourth-order valence-corrected chi connectivity index (χ4v) is 10.3. The minimum atomic E-state index is -0.338. The highest BCUT2D eigenvalue weighted by molar-refractivity contribution is 5.44. The molecule has 0 aromatic heterocycles. The van der Waals surface area contributed by atoms with Crippen molar-refractivity contribution in [2.24, 2.45) is 56.6 Å². The first-order valence-electron chi connectivity index (χ1n) is 17.0. The van der Waals surface area contributed by atoms with Gasteiger partial charge in [0, 0.05) is 0 Å². The molecule has 4 saturated carbocycles. The molecule has 0 saturated heterocycles. The van der Waals surface area contributed by atoms with E-state index in [9.17, 15) is 15.3 Å². The molecular weight excluding hydrogens is 552 g/mol. The van der Waals surface area contributed by atoms with Crippen molar-refractivity contribution in [3.63, 3.8) is 0 Å². The van der Waals surface area contributed by atoms with Crippen LogP contribution in [0.3, 0.4) is 0 Å². The molecule has 0 heterocycles. The Morgan fingerprint density at radius 2 is 1.50 bits per heavy atom. The van der Waals surface area contributed by atoms with Crippen molar-refractivity contribution in [1.29, 1.82) is 0 Å². The monoisotopic (exact) mass is 604 g/mol. The maximum Gasteiger partial charge on any atom is 0.119 e. The first kappa shape index (κ1) is 31.5. The highest BCUT2D eigenvalue weighted by Crippen LogP contribution is 2.68. The number of azo groups is 1. The van der Waals surface area contributed by atoms with Gasteiger partial charge in [-0.15, -0.1) is 0 Å². The van der Waals surface area contributed by atoms with Gasteiger partial charge in [0.05, 0.1) is 43.4 Å². The van der Waals surface area contributed by atoms with Gasteiger partial charge in [-0.1, -0.05) is 20.8 Å². The van der Waals surface area contributed by atoms with E-state index >= 15 is 0 Å². The van der Waals surface area contributed by atoms with Crippen molar-refractivity contribution in [3.8, 4) is 11.5 Å². The lowest BCUT2D eigenvalue weighted by molar-refractivity contribution is -0.207. The van der Waals surface area contributed by atoms with Crippen molar-refractivity contribution >= 4 is 11.4 Å². The SMILES string of the molecule is COc1ccc(N=Nc2ccc(OCCC[C@@H](C)[C@H]3CC[C@H]4[C@@H]5[C@H](O)C[C@H]6C[C@H](O)CC[C@]6(C)[C@H]5C[C@H](O)[C@]34C)cc2)cc1. The van der Waals surface area contributed by atoms with Crippen LogP contribution in [0.25, 0.3) is 0 Å². The second-order valence-electron chi connectivity index (χ2n) is 14.9. The number of fused-ring (bicyclic) bond motifs is 5. The molecule has 44 heavy (non-hydrogen) atoms. The van der Waals surface area contributed by atoms with Crippen molar-refractivity contribution in [1.82, 2.24) is 0 Å². The van der Waals surface area contributed by atoms with Crippen molar-refractivity contribution in [2.75, 3.05) is 13.7 Å². The summed E-state index contributed by atoms with van der Waals surface area (Å²) in [5.74, 6) is 3.87. The number of aliphatic hydroxyl groups excluding tert-OH is 3. The predicted molar refractivity (Wildman–Crippen MR) is 172 cm³/mol. The minimum absolute atomic E-state index is 0.115. The first-order chi connectivity index (χ1) is 21.1. The number of hydrogen-bond donors (Lipinski definition) is 3. The standard InChI is InChI=1S/C37H52N2O5/c1-23(6-5-19-44-29-13-9-26(10-14-29)39-38-25-7-11-28(43-4)12-8-25)30-15-16-31-35-32(22-34(42)37(30,31)3)36(2)18-17-27(40)20-24(36)21-33(35)41/h7-14,23-24,27,30-35,40-42H,5-6,15-22H2,1-4H3/t23-,24-,27-,30-,31+,32+,33-,34+,35+,36+,37-/m1/s1. The smallest absolute Gasteiger partial charge is 0.119 e. The summed E-state index contributed by atoms with van der Waals surface area (Å²) in [6.07, 6.45) is 7.62. The number of benzene rings is 2. The number of aliphatic hydroxyl groups is 3. The zero-order valence-corrected chi connectivity index (χ0v) is 26.9. The molecule has 7 nitrogen and oxygen atoms in total. The largest absolute Gasteiger partial charge is 0.497 e. The van der Waals surface area contributed by atoms with E-state index in [1.54, 1.807) is 7.11 Å². The lowest BCUT2D eigenvalue weighted by Gasteiger charge is -2.63. The average molecular weight is 605 g/mol. The Labute approximate surface area is 263 Å². The van der Waals surface area contributed by atoms with E-state index in [-0.39, 0.29) is 35.1 Å². The number of rotatable bonds is 9. The summed E-state index contributed by atoms with van der Waals surface area (Å²) in [6.45, 7) is 7.75. The van der Waals surface area contributed by atoms with Crippen LogP contribution in [-0.2, 0) is 0 Å². The highest BCUT2D eigenvalue weighted by Gasteiger charge is 2.65. The summed E-state index contributed by atoms with van der Waals surface area (Å²) in [6, 6.07) is 15.2. The topological polar surface area (TPSA) is 104 Å². The number of ether oxygens (including phenoxy) is 2. The Bertz CT molecular complexity index is 1280. The Kier molecular flexibility index (Phi) is 9.11. The maximum atomic E-state index is 11.8. The fraction of sp³-hybridized carbons (Fsp3) is 0.676. The van der Waals surface area contributed by atoms with Crippen LogP contribution in [0.5, 0.6) is 11.5 Å². The summed E-state index contributed by atoms with van der Waals surface area (Å²) in [5, 5.41) is 42.3. The Balaban J connectivity index is 1.02. The maximum absolute atomic E-state index is 11.8. The molecule has 2 aromatic carbocycles. The molecule has 0 aliphatic heterocycles. The van der Waals surface area contributed by atoms with Gasteiger partial charge >= 0.3 is 0 Å². The van der Waals surface area contributed by atoms with Gasteiger partial charge in [0.1, 0.15) is 11.5 Å². The van der Waals surface area contributed by atoms with Crippen LogP contribution in [0, 0.1) is 46.3 Å². The average Bonchev–Trinajstić information content (AvgIpc) is 3.39. The molecule has 3 N–H and O–H groups in total. The Morgan fingerprint density at radius 1 is 0.841 bits per heavy atom. The number of methoxy groups -OCH3 is 1. The number of hydrogen-bond acceptors (Lipinski definition) is 7. The van der Waals surface area contributed by atoms with E-state index in [1.165, 1.54) is 0 Å². The molecule has 2 aromatic rings. The van der Waals surface area contributed by atoms with Gasteiger partial charge in [-0.2, -0.15) is 10.2 Å². The molecule has 0 unspecified atom stereocenters. The third-order valence-corrected chi connectivity index (χ3v) is 12.8. The zero-order valence-electron chi connectivity index (χ0n) is 26.9. The summed E-state index contributed by atoms with van der Waals surface area (Å²) in [7, 11) is 1.64. The molecular formula is C37H52N2O5. The third-order valence-electron chi connectivity index (χ3n) is 12.8. The van der Waals surface area contributed by atoms with E-state index in [1.807, 2.05) is 48.5 Å². The van der Waals surface area contributed by atoms with Gasteiger partial charge in [0.2, 0.25) is 0 Å². The van der Waals surface area contributed by atoms with E-state index < -0.39 is 0 Å². The van der Waals surface area contributed by atoms with E-state index in [4.69, 9.17) is 9.47 Å². The Morgan fingerprint density at radius 3 is 2.16 bits per heavy atom. The molecule has 0 bridgehead atoms.